The maximum absolute atomic E-state index is 5.74. The molecule has 0 spiro atoms. The number of piperidine rings is 1. The lowest BCUT2D eigenvalue weighted by Gasteiger charge is -2.53. The van der Waals surface area contributed by atoms with Crippen molar-refractivity contribution in [3.05, 3.63) is 66.1 Å². The monoisotopic (exact) mass is 433 g/mol. The second kappa shape index (κ2) is 9.40. The van der Waals surface area contributed by atoms with Crippen molar-refractivity contribution in [2.75, 3.05) is 33.9 Å². The van der Waals surface area contributed by atoms with Gasteiger partial charge >= 0.3 is 0 Å². The third-order valence-corrected chi connectivity index (χ3v) is 6.95. The number of pyridine rings is 1. The molecule has 2 atom stereocenters. The Labute approximate surface area is 189 Å². The second-order valence-electron chi connectivity index (χ2n) is 8.71. The van der Waals surface area contributed by atoms with Gasteiger partial charge in [0.1, 0.15) is 5.75 Å². The maximum Gasteiger partial charge on any atom is 0.118 e. The summed E-state index contributed by atoms with van der Waals surface area (Å²) in [5.74, 6) is 0.864. The van der Waals surface area contributed by atoms with Crippen molar-refractivity contribution >= 4 is 0 Å². The SMILES string of the molecule is COc1ccc(-c2[nH]ncc2CN2CCC(N3C[C@H](OC)[C@@H]3c3cccnc3)CC2)cc1. The van der Waals surface area contributed by atoms with Gasteiger partial charge in [0.2, 0.25) is 0 Å². The van der Waals surface area contributed by atoms with Gasteiger partial charge in [0.15, 0.2) is 0 Å². The number of nitrogens with one attached hydrogen (secondary N) is 1. The van der Waals surface area contributed by atoms with E-state index in [4.69, 9.17) is 9.47 Å². The maximum atomic E-state index is 5.74. The van der Waals surface area contributed by atoms with Crippen molar-refractivity contribution < 1.29 is 9.47 Å². The van der Waals surface area contributed by atoms with E-state index in [9.17, 15) is 0 Å². The van der Waals surface area contributed by atoms with E-state index in [1.807, 2.05) is 43.9 Å². The first kappa shape index (κ1) is 21.1. The fourth-order valence-corrected chi connectivity index (χ4v) is 5.12. The lowest BCUT2D eigenvalue weighted by Crippen LogP contribution is -2.60. The Kier molecular flexibility index (Phi) is 6.21. The smallest absolute Gasteiger partial charge is 0.118 e. The highest BCUT2D eigenvalue weighted by Crippen LogP contribution is 2.39. The van der Waals surface area contributed by atoms with Crippen LogP contribution in [0.4, 0.5) is 0 Å². The Morgan fingerprint density at radius 1 is 1.06 bits per heavy atom. The molecule has 0 radical (unpaired) electrons. The first-order valence-electron chi connectivity index (χ1n) is 11.3. The van der Waals surface area contributed by atoms with E-state index in [0.29, 0.717) is 12.1 Å². The minimum Gasteiger partial charge on any atom is -0.497 e. The predicted octanol–water partition coefficient (Wildman–Crippen LogP) is 3.52. The second-order valence-corrected chi connectivity index (χ2v) is 8.71. The van der Waals surface area contributed by atoms with Crippen molar-refractivity contribution in [1.82, 2.24) is 25.0 Å². The van der Waals surface area contributed by atoms with Crippen molar-refractivity contribution in [3.63, 3.8) is 0 Å². The number of nitrogens with zero attached hydrogens (tertiary/aromatic N) is 4. The van der Waals surface area contributed by atoms with E-state index in [-0.39, 0.29) is 6.10 Å². The number of ether oxygens (including phenoxy) is 2. The summed E-state index contributed by atoms with van der Waals surface area (Å²) in [6.07, 6.45) is 8.38. The Morgan fingerprint density at radius 3 is 2.56 bits per heavy atom. The van der Waals surface area contributed by atoms with E-state index in [2.05, 4.69) is 43.2 Å². The molecule has 0 aliphatic carbocycles. The highest BCUT2D eigenvalue weighted by Gasteiger charge is 2.44. The summed E-state index contributed by atoms with van der Waals surface area (Å²) >= 11 is 0. The quantitative estimate of drug-likeness (QED) is 0.615. The van der Waals surface area contributed by atoms with Crippen LogP contribution >= 0.6 is 0 Å². The lowest BCUT2D eigenvalue weighted by atomic mass is 9.87. The number of aromatic amines is 1. The molecule has 2 aliphatic rings. The average Bonchev–Trinajstić information content (AvgIpc) is 3.28. The van der Waals surface area contributed by atoms with Crippen molar-refractivity contribution in [2.45, 2.75) is 37.6 Å². The van der Waals surface area contributed by atoms with E-state index < -0.39 is 0 Å². The minimum absolute atomic E-state index is 0.259. The zero-order valence-electron chi connectivity index (χ0n) is 18.8. The van der Waals surface area contributed by atoms with E-state index in [1.54, 1.807) is 7.11 Å². The molecule has 7 nitrogen and oxygen atoms in total. The van der Waals surface area contributed by atoms with Crippen LogP contribution in [0, 0.1) is 0 Å². The van der Waals surface area contributed by atoms with Crippen molar-refractivity contribution in [3.8, 4) is 17.0 Å². The zero-order chi connectivity index (χ0) is 21.9. The van der Waals surface area contributed by atoms with E-state index >= 15 is 0 Å². The van der Waals surface area contributed by atoms with Crippen LogP contribution in [0.5, 0.6) is 5.75 Å². The summed E-state index contributed by atoms with van der Waals surface area (Å²) in [6.45, 7) is 4.10. The van der Waals surface area contributed by atoms with Gasteiger partial charge in [0.25, 0.3) is 0 Å². The van der Waals surface area contributed by atoms with Crippen LogP contribution in [0.3, 0.4) is 0 Å². The molecule has 7 heteroatoms. The zero-order valence-corrected chi connectivity index (χ0v) is 18.8. The molecule has 2 aliphatic heterocycles. The first-order chi connectivity index (χ1) is 15.8. The summed E-state index contributed by atoms with van der Waals surface area (Å²) in [5.41, 5.74) is 4.73. The molecule has 0 bridgehead atoms. The molecule has 0 unspecified atom stereocenters. The van der Waals surface area contributed by atoms with Crippen LogP contribution in [-0.2, 0) is 11.3 Å². The highest BCUT2D eigenvalue weighted by atomic mass is 16.5. The molecule has 5 rings (SSSR count). The number of H-pyrrole nitrogens is 1. The molecule has 4 heterocycles. The van der Waals surface area contributed by atoms with Crippen LogP contribution in [0.2, 0.25) is 0 Å². The summed E-state index contributed by atoms with van der Waals surface area (Å²) in [7, 11) is 3.51. The minimum atomic E-state index is 0.259. The van der Waals surface area contributed by atoms with Gasteiger partial charge in [-0.05, 0) is 61.8 Å². The molecule has 1 aromatic carbocycles. The molecular weight excluding hydrogens is 402 g/mol. The van der Waals surface area contributed by atoms with Gasteiger partial charge < -0.3 is 9.47 Å². The normalized spacial score (nSPS) is 22.6. The van der Waals surface area contributed by atoms with Crippen LogP contribution in [-0.4, -0.2) is 71.0 Å². The Hall–Kier alpha value is -2.74. The third kappa shape index (κ3) is 4.16. The molecule has 3 aromatic rings. The molecule has 1 N–H and O–H groups in total. The number of methoxy groups -OCH3 is 2. The van der Waals surface area contributed by atoms with Gasteiger partial charge in [-0.15, -0.1) is 0 Å². The number of hydrogen-bond donors (Lipinski definition) is 1. The Balaban J connectivity index is 1.20. The third-order valence-electron chi connectivity index (χ3n) is 6.95. The molecule has 32 heavy (non-hydrogen) atoms. The molecule has 2 aromatic heterocycles. The number of rotatable bonds is 7. The van der Waals surface area contributed by atoms with Crippen LogP contribution < -0.4 is 4.74 Å². The summed E-state index contributed by atoms with van der Waals surface area (Å²) in [5, 5.41) is 7.51. The van der Waals surface area contributed by atoms with Crippen LogP contribution in [0.1, 0.15) is 30.0 Å². The first-order valence-corrected chi connectivity index (χ1v) is 11.3. The molecule has 2 saturated heterocycles. The summed E-state index contributed by atoms with van der Waals surface area (Å²) < 4.78 is 11.0. The topological polar surface area (TPSA) is 66.5 Å². The summed E-state index contributed by atoms with van der Waals surface area (Å²) in [4.78, 5) is 9.48. The highest BCUT2D eigenvalue weighted by molar-refractivity contribution is 5.63. The number of hydrogen-bond acceptors (Lipinski definition) is 6. The number of aromatic nitrogens is 3. The largest absolute Gasteiger partial charge is 0.497 e. The van der Waals surface area contributed by atoms with E-state index in [0.717, 1.165) is 43.2 Å². The van der Waals surface area contributed by atoms with Gasteiger partial charge in [-0.1, -0.05) is 6.07 Å². The summed E-state index contributed by atoms with van der Waals surface area (Å²) in [6, 6.07) is 13.2. The van der Waals surface area contributed by atoms with Gasteiger partial charge in [-0.25, -0.2) is 0 Å². The van der Waals surface area contributed by atoms with Gasteiger partial charge in [-0.2, -0.15) is 5.10 Å². The molecule has 168 valence electrons. The molecular formula is C25H31N5O2. The fourth-order valence-electron chi connectivity index (χ4n) is 5.12. The molecule has 2 fully saturated rings. The van der Waals surface area contributed by atoms with Crippen molar-refractivity contribution in [1.29, 1.82) is 0 Å². The molecule has 0 saturated carbocycles. The standard InChI is InChI=1S/C25H31N5O2/c1-31-22-7-5-18(6-8-22)24-20(15-27-28-24)16-29-12-9-21(10-13-29)30-17-23(32-2)25(30)19-4-3-11-26-14-19/h3-8,11,14-15,21,23,25H,9-10,12-13,16-17H2,1-2H3,(H,27,28)/t23-,25-/m0/s1. The number of benzene rings is 1. The lowest BCUT2D eigenvalue weighted by molar-refractivity contribution is -0.117. The predicted molar refractivity (Wildman–Crippen MR) is 123 cm³/mol. The molecule has 0 amide bonds. The van der Waals surface area contributed by atoms with Gasteiger partial charge in [0, 0.05) is 49.8 Å². The Bertz CT molecular complexity index is 999. The fraction of sp³-hybridized carbons (Fsp3) is 0.440. The van der Waals surface area contributed by atoms with Crippen LogP contribution in [0.15, 0.2) is 55.0 Å². The van der Waals surface area contributed by atoms with E-state index in [1.165, 1.54) is 24.0 Å². The van der Waals surface area contributed by atoms with Gasteiger partial charge in [0.05, 0.1) is 31.1 Å². The Morgan fingerprint density at radius 2 is 1.88 bits per heavy atom. The average molecular weight is 434 g/mol. The van der Waals surface area contributed by atoms with Gasteiger partial charge in [-0.3, -0.25) is 19.9 Å². The van der Waals surface area contributed by atoms with Crippen LogP contribution in [0.25, 0.3) is 11.3 Å². The number of likely N-dealkylation sites (tertiary alicyclic amines) is 2. The van der Waals surface area contributed by atoms with Crippen molar-refractivity contribution in [2.24, 2.45) is 0 Å².